The van der Waals surface area contributed by atoms with E-state index in [0.717, 1.165) is 23.7 Å². The molecule has 3 heteroatoms. The van der Waals surface area contributed by atoms with Gasteiger partial charge in [-0.15, -0.1) is 11.8 Å². The summed E-state index contributed by atoms with van der Waals surface area (Å²) in [5.41, 5.74) is 0. The third-order valence-electron chi connectivity index (χ3n) is 2.71. The van der Waals surface area contributed by atoms with Crippen molar-refractivity contribution in [3.63, 3.8) is 0 Å². The molecule has 1 aromatic heterocycles. The normalized spacial score (nSPS) is 15.2. The Hall–Kier alpha value is -0.410. The van der Waals surface area contributed by atoms with Crippen molar-refractivity contribution in [2.75, 3.05) is 7.05 Å². The molecule has 0 amide bonds. The number of aryl methyl sites for hydroxylation is 1. The molecule has 1 aromatic rings. The second-order valence-electron chi connectivity index (χ2n) is 3.82. The van der Waals surface area contributed by atoms with Crippen molar-refractivity contribution >= 4 is 11.8 Å². The van der Waals surface area contributed by atoms with E-state index >= 15 is 0 Å². The molecular weight excluding hydrogens is 206 g/mol. The van der Waals surface area contributed by atoms with Gasteiger partial charge in [0.2, 0.25) is 0 Å². The predicted molar refractivity (Wildman–Crippen MR) is 67.4 cm³/mol. The van der Waals surface area contributed by atoms with Crippen LogP contribution in [-0.4, -0.2) is 18.3 Å². The first kappa shape index (κ1) is 12.7. The van der Waals surface area contributed by atoms with Gasteiger partial charge in [-0.1, -0.05) is 13.8 Å². The largest absolute Gasteiger partial charge is 0.465 e. The lowest BCUT2D eigenvalue weighted by Crippen LogP contribution is -2.30. The van der Waals surface area contributed by atoms with Crippen molar-refractivity contribution in [1.29, 1.82) is 0 Å². The summed E-state index contributed by atoms with van der Waals surface area (Å²) in [5, 5.41) is 3.87. The van der Waals surface area contributed by atoms with E-state index in [0.29, 0.717) is 11.3 Å². The molecule has 0 fully saturated rings. The third-order valence-corrected chi connectivity index (χ3v) is 4.10. The van der Waals surface area contributed by atoms with Crippen LogP contribution in [0.2, 0.25) is 0 Å². The summed E-state index contributed by atoms with van der Waals surface area (Å²) in [7, 11) is 2.00. The summed E-state index contributed by atoms with van der Waals surface area (Å²) in [6, 6.07) is 4.69. The van der Waals surface area contributed by atoms with E-state index in [-0.39, 0.29) is 0 Å². The number of hydrogen-bond acceptors (Lipinski definition) is 3. The van der Waals surface area contributed by atoms with Gasteiger partial charge in [-0.3, -0.25) is 0 Å². The average Bonchev–Trinajstić information content (AvgIpc) is 2.72. The van der Waals surface area contributed by atoms with Gasteiger partial charge in [0.25, 0.3) is 0 Å². The molecule has 86 valence electrons. The minimum absolute atomic E-state index is 0.538. The molecule has 0 aromatic carbocycles. The summed E-state index contributed by atoms with van der Waals surface area (Å²) in [6.45, 7) is 6.56. The van der Waals surface area contributed by atoms with Crippen molar-refractivity contribution in [3.05, 3.63) is 23.7 Å². The SMILES string of the molecule is CCc1ccc(CSC(C)C(C)NC)o1. The molecule has 2 atom stereocenters. The highest BCUT2D eigenvalue weighted by atomic mass is 32.2. The molecule has 1 N–H and O–H groups in total. The zero-order valence-electron chi connectivity index (χ0n) is 10.0. The van der Waals surface area contributed by atoms with Crippen LogP contribution < -0.4 is 5.32 Å². The minimum Gasteiger partial charge on any atom is -0.465 e. The molecule has 0 bridgehead atoms. The van der Waals surface area contributed by atoms with Crippen molar-refractivity contribution in [2.24, 2.45) is 0 Å². The second-order valence-corrected chi connectivity index (χ2v) is 5.18. The van der Waals surface area contributed by atoms with E-state index in [1.807, 2.05) is 18.8 Å². The van der Waals surface area contributed by atoms with Crippen molar-refractivity contribution < 1.29 is 4.42 Å². The quantitative estimate of drug-likeness (QED) is 0.808. The van der Waals surface area contributed by atoms with Crippen molar-refractivity contribution in [2.45, 2.75) is 44.2 Å². The third kappa shape index (κ3) is 3.92. The Morgan fingerprint density at radius 1 is 1.33 bits per heavy atom. The van der Waals surface area contributed by atoms with E-state index in [2.05, 4.69) is 38.2 Å². The Kier molecular flexibility index (Phi) is 5.26. The summed E-state index contributed by atoms with van der Waals surface area (Å²) in [4.78, 5) is 0. The smallest absolute Gasteiger partial charge is 0.114 e. The van der Waals surface area contributed by atoms with Gasteiger partial charge >= 0.3 is 0 Å². The summed E-state index contributed by atoms with van der Waals surface area (Å²) in [5.74, 6) is 3.14. The van der Waals surface area contributed by atoms with Gasteiger partial charge in [-0.05, 0) is 26.1 Å². The molecule has 0 radical (unpaired) electrons. The van der Waals surface area contributed by atoms with Crippen LogP contribution in [0.5, 0.6) is 0 Å². The van der Waals surface area contributed by atoms with Crippen LogP contribution in [0.4, 0.5) is 0 Å². The minimum atomic E-state index is 0.538. The van der Waals surface area contributed by atoms with Crippen molar-refractivity contribution in [1.82, 2.24) is 5.32 Å². The topological polar surface area (TPSA) is 25.2 Å². The first-order valence-corrected chi connectivity index (χ1v) is 6.58. The molecule has 15 heavy (non-hydrogen) atoms. The molecule has 2 unspecified atom stereocenters. The monoisotopic (exact) mass is 227 g/mol. The Morgan fingerprint density at radius 2 is 2.00 bits per heavy atom. The number of nitrogens with one attached hydrogen (secondary N) is 1. The summed E-state index contributed by atoms with van der Waals surface area (Å²) in [6.07, 6.45) is 0.979. The van der Waals surface area contributed by atoms with E-state index < -0.39 is 0 Å². The Labute approximate surface area is 96.8 Å². The van der Waals surface area contributed by atoms with Crippen LogP contribution >= 0.6 is 11.8 Å². The molecule has 0 aliphatic heterocycles. The van der Waals surface area contributed by atoms with E-state index in [1.165, 1.54) is 0 Å². The molecule has 0 saturated carbocycles. The lowest BCUT2D eigenvalue weighted by atomic mass is 10.3. The highest BCUT2D eigenvalue weighted by Crippen LogP contribution is 2.21. The summed E-state index contributed by atoms with van der Waals surface area (Å²) >= 11 is 1.93. The van der Waals surface area contributed by atoms with E-state index in [1.54, 1.807) is 0 Å². The first-order valence-electron chi connectivity index (χ1n) is 5.53. The van der Waals surface area contributed by atoms with Gasteiger partial charge in [0.1, 0.15) is 11.5 Å². The maximum atomic E-state index is 5.66. The Balaban J connectivity index is 2.36. The molecule has 0 aliphatic carbocycles. The van der Waals surface area contributed by atoms with Crippen LogP contribution in [0.25, 0.3) is 0 Å². The number of furan rings is 1. The van der Waals surface area contributed by atoms with Crippen molar-refractivity contribution in [3.8, 4) is 0 Å². The molecule has 2 nitrogen and oxygen atoms in total. The molecule has 0 aliphatic rings. The molecular formula is C12H21NOS. The van der Waals surface area contributed by atoms with Gasteiger partial charge in [0.05, 0.1) is 5.75 Å². The van der Waals surface area contributed by atoms with Gasteiger partial charge < -0.3 is 9.73 Å². The van der Waals surface area contributed by atoms with Crippen LogP contribution in [-0.2, 0) is 12.2 Å². The highest BCUT2D eigenvalue weighted by Gasteiger charge is 2.11. The Bertz CT molecular complexity index is 285. The maximum absolute atomic E-state index is 5.66. The van der Waals surface area contributed by atoms with Gasteiger partial charge in [0.15, 0.2) is 0 Å². The highest BCUT2D eigenvalue weighted by molar-refractivity contribution is 7.99. The average molecular weight is 227 g/mol. The maximum Gasteiger partial charge on any atom is 0.114 e. The molecule has 1 rings (SSSR count). The zero-order chi connectivity index (χ0) is 11.3. The van der Waals surface area contributed by atoms with Crippen LogP contribution in [0.3, 0.4) is 0 Å². The number of rotatable bonds is 6. The lowest BCUT2D eigenvalue weighted by Gasteiger charge is -2.17. The van der Waals surface area contributed by atoms with Crippen LogP contribution in [0.1, 0.15) is 32.3 Å². The van der Waals surface area contributed by atoms with E-state index in [9.17, 15) is 0 Å². The van der Waals surface area contributed by atoms with E-state index in [4.69, 9.17) is 4.42 Å². The van der Waals surface area contributed by atoms with Crippen LogP contribution in [0.15, 0.2) is 16.5 Å². The first-order chi connectivity index (χ1) is 7.17. The van der Waals surface area contributed by atoms with Crippen LogP contribution in [0, 0.1) is 0 Å². The standard InChI is InChI=1S/C12H21NOS/c1-5-11-6-7-12(14-11)8-15-10(3)9(2)13-4/h6-7,9-10,13H,5,8H2,1-4H3. The fraction of sp³-hybridized carbons (Fsp3) is 0.667. The summed E-state index contributed by atoms with van der Waals surface area (Å²) < 4.78 is 5.66. The Morgan fingerprint density at radius 3 is 2.53 bits per heavy atom. The number of thioether (sulfide) groups is 1. The zero-order valence-corrected chi connectivity index (χ0v) is 10.9. The molecule has 0 saturated heterocycles. The molecule has 0 spiro atoms. The lowest BCUT2D eigenvalue weighted by molar-refractivity contribution is 0.485. The fourth-order valence-corrected chi connectivity index (χ4v) is 2.29. The predicted octanol–water partition coefficient (Wildman–Crippen LogP) is 3.07. The fourth-order valence-electron chi connectivity index (χ4n) is 1.28. The van der Waals surface area contributed by atoms with Gasteiger partial charge in [0, 0.05) is 17.7 Å². The van der Waals surface area contributed by atoms with Gasteiger partial charge in [-0.25, -0.2) is 0 Å². The van der Waals surface area contributed by atoms with Gasteiger partial charge in [-0.2, -0.15) is 0 Å². The second kappa shape index (κ2) is 6.23. The number of hydrogen-bond donors (Lipinski definition) is 1. The molecule has 1 heterocycles.